The summed E-state index contributed by atoms with van der Waals surface area (Å²) in [4.78, 5) is 27.3. The lowest BCUT2D eigenvalue weighted by Crippen LogP contribution is -2.19. The van der Waals surface area contributed by atoms with Gasteiger partial charge in [0.05, 0.1) is 17.5 Å². The number of pyridine rings is 1. The number of hydrogen-bond acceptors (Lipinski definition) is 6. The molecule has 5 rings (SSSR count). The Labute approximate surface area is 190 Å². The van der Waals surface area contributed by atoms with Crippen LogP contribution in [0, 0.1) is 0 Å². The third-order valence-electron chi connectivity index (χ3n) is 5.03. The summed E-state index contributed by atoms with van der Waals surface area (Å²) in [6.07, 6.45) is 13.6. The van der Waals surface area contributed by atoms with Crippen molar-refractivity contribution in [3.8, 4) is 5.75 Å². The number of rotatable bonds is 6. The summed E-state index contributed by atoms with van der Waals surface area (Å²) in [5, 5.41) is 0.523. The number of benzene rings is 1. The van der Waals surface area contributed by atoms with Gasteiger partial charge in [0, 0.05) is 35.5 Å². The Morgan fingerprint density at radius 3 is 2.94 bits per heavy atom. The summed E-state index contributed by atoms with van der Waals surface area (Å²) in [6, 6.07) is 9.48. The second-order valence-corrected chi connectivity index (χ2v) is 8.12. The van der Waals surface area contributed by atoms with Crippen LogP contribution in [0.4, 0.5) is 5.95 Å². The van der Waals surface area contributed by atoms with Gasteiger partial charge in [0.25, 0.3) is 5.56 Å². The van der Waals surface area contributed by atoms with Gasteiger partial charge in [-0.25, -0.2) is 4.98 Å². The van der Waals surface area contributed by atoms with Crippen molar-refractivity contribution in [1.82, 2.24) is 15.0 Å². The Morgan fingerprint density at radius 2 is 2.06 bits per heavy atom. The number of thioether (sulfide) groups is 1. The van der Waals surface area contributed by atoms with Crippen molar-refractivity contribution in [2.45, 2.75) is 12.8 Å². The molecule has 158 valence electrons. The van der Waals surface area contributed by atoms with Crippen molar-refractivity contribution in [2.75, 3.05) is 17.3 Å². The Balaban J connectivity index is 0.00000231. The topological polar surface area (TPSA) is 71.1 Å². The van der Waals surface area contributed by atoms with Gasteiger partial charge in [-0.3, -0.25) is 19.7 Å². The van der Waals surface area contributed by atoms with Crippen LogP contribution in [-0.2, 0) is 6.42 Å². The quantitative estimate of drug-likeness (QED) is 0.551. The summed E-state index contributed by atoms with van der Waals surface area (Å²) in [5.74, 6) is 2.16. The number of halogens is 1. The van der Waals surface area contributed by atoms with Gasteiger partial charge < -0.3 is 4.74 Å². The zero-order valence-electron chi connectivity index (χ0n) is 16.7. The first-order valence-corrected chi connectivity index (χ1v) is 10.8. The van der Waals surface area contributed by atoms with Crippen LogP contribution in [0.1, 0.15) is 12.0 Å². The molecule has 0 spiro atoms. The van der Waals surface area contributed by atoms with Crippen LogP contribution in [0.25, 0.3) is 10.9 Å². The van der Waals surface area contributed by atoms with E-state index in [4.69, 9.17) is 4.74 Å². The van der Waals surface area contributed by atoms with Crippen molar-refractivity contribution in [3.63, 3.8) is 0 Å². The predicted molar refractivity (Wildman–Crippen MR) is 128 cm³/mol. The van der Waals surface area contributed by atoms with E-state index in [2.05, 4.69) is 21.0 Å². The van der Waals surface area contributed by atoms with Gasteiger partial charge in [0.2, 0.25) is 5.95 Å². The van der Waals surface area contributed by atoms with Gasteiger partial charge >= 0.3 is 0 Å². The molecule has 0 saturated carbocycles. The average Bonchev–Trinajstić information content (AvgIpc) is 3.25. The number of fused-ring (bicyclic) bond motifs is 2. The van der Waals surface area contributed by atoms with Crippen molar-refractivity contribution < 1.29 is 4.74 Å². The Bertz CT molecular complexity index is 1240. The highest BCUT2D eigenvalue weighted by Crippen LogP contribution is 2.35. The number of allylic oxidation sites excluding steroid dienone is 2. The van der Waals surface area contributed by atoms with E-state index >= 15 is 0 Å². The maximum Gasteiger partial charge on any atom is 0.260 e. The molecule has 1 N–H and O–H groups in total. The van der Waals surface area contributed by atoms with Crippen LogP contribution in [0.3, 0.4) is 0 Å². The Kier molecular flexibility index (Phi) is 6.44. The van der Waals surface area contributed by atoms with Crippen molar-refractivity contribution in [3.05, 3.63) is 93.7 Å². The molecule has 4 heterocycles. The molecule has 2 aromatic heterocycles. The third-order valence-corrected chi connectivity index (χ3v) is 6.02. The van der Waals surface area contributed by atoms with Crippen LogP contribution >= 0.6 is 24.2 Å². The number of H-pyrrole nitrogens is 1. The highest BCUT2D eigenvalue weighted by molar-refractivity contribution is 8.03. The molecule has 0 fully saturated rings. The highest BCUT2D eigenvalue weighted by Gasteiger charge is 2.17. The van der Waals surface area contributed by atoms with E-state index in [-0.39, 0.29) is 18.0 Å². The van der Waals surface area contributed by atoms with Crippen LogP contribution in [0.5, 0.6) is 5.75 Å². The van der Waals surface area contributed by atoms with E-state index in [1.54, 1.807) is 30.2 Å². The van der Waals surface area contributed by atoms with E-state index in [0.717, 1.165) is 18.6 Å². The maximum atomic E-state index is 12.7. The molecule has 0 amide bonds. The maximum absolute atomic E-state index is 12.7. The fourth-order valence-corrected chi connectivity index (χ4v) is 4.41. The highest BCUT2D eigenvalue weighted by atomic mass is 35.5. The molecule has 2 aliphatic heterocycles. The van der Waals surface area contributed by atoms with Crippen molar-refractivity contribution in [2.24, 2.45) is 0 Å². The predicted octanol–water partition coefficient (Wildman–Crippen LogP) is 4.60. The summed E-state index contributed by atoms with van der Waals surface area (Å²) in [5.41, 5.74) is 2.93. The standard InChI is InChI=1S/C23H20N4O2S.ClH/c28-22-19-14-18(29-12-1-2-16-5-9-24-10-6-16)3-4-20(19)25-23(26-22)27-11-7-17-8-13-30-21(17)15-27;/h3-11,14-15H,1-2,12-13H2,(H,25,26,28);1H. The molecular formula is C23H21ClN4O2S. The molecule has 1 aromatic carbocycles. The number of hydrogen-bond donors (Lipinski definition) is 1. The van der Waals surface area contributed by atoms with Gasteiger partial charge in [-0.1, -0.05) is 6.08 Å². The van der Waals surface area contributed by atoms with Gasteiger partial charge in [-0.05, 0) is 60.4 Å². The lowest BCUT2D eigenvalue weighted by Gasteiger charge is -2.19. The molecule has 8 heteroatoms. The normalized spacial score (nSPS) is 14.6. The second kappa shape index (κ2) is 9.41. The first-order chi connectivity index (χ1) is 14.8. The molecule has 0 unspecified atom stereocenters. The molecule has 0 bridgehead atoms. The smallest absolute Gasteiger partial charge is 0.260 e. The summed E-state index contributed by atoms with van der Waals surface area (Å²) in [6.45, 7) is 0.580. The summed E-state index contributed by atoms with van der Waals surface area (Å²) < 4.78 is 5.85. The number of nitrogens with zero attached hydrogens (tertiary/aromatic N) is 3. The number of aryl methyl sites for hydroxylation is 1. The molecule has 3 aromatic rings. The van der Waals surface area contributed by atoms with Gasteiger partial charge in [-0.15, -0.1) is 24.2 Å². The average molecular weight is 453 g/mol. The monoisotopic (exact) mass is 452 g/mol. The number of anilines is 1. The molecule has 0 atom stereocenters. The van der Waals surface area contributed by atoms with Crippen LogP contribution in [0.15, 0.2) is 82.6 Å². The fraction of sp³-hybridized carbons (Fsp3) is 0.174. The zero-order valence-corrected chi connectivity index (χ0v) is 18.3. The number of aromatic amines is 1. The third kappa shape index (κ3) is 4.68. The summed E-state index contributed by atoms with van der Waals surface area (Å²) in [7, 11) is 0. The zero-order chi connectivity index (χ0) is 20.3. The molecule has 0 saturated heterocycles. The van der Waals surface area contributed by atoms with Gasteiger partial charge in [-0.2, -0.15) is 0 Å². The van der Waals surface area contributed by atoms with Crippen molar-refractivity contribution in [1.29, 1.82) is 0 Å². The molecule has 0 radical (unpaired) electrons. The minimum Gasteiger partial charge on any atom is -0.494 e. The van der Waals surface area contributed by atoms with Crippen LogP contribution in [0.2, 0.25) is 0 Å². The molecule has 6 nitrogen and oxygen atoms in total. The largest absolute Gasteiger partial charge is 0.494 e. The van der Waals surface area contributed by atoms with Crippen LogP contribution in [-0.4, -0.2) is 27.3 Å². The lowest BCUT2D eigenvalue weighted by atomic mass is 10.1. The minimum atomic E-state index is -0.176. The molecule has 2 aliphatic rings. The molecular weight excluding hydrogens is 432 g/mol. The minimum absolute atomic E-state index is 0. The van der Waals surface area contributed by atoms with E-state index < -0.39 is 0 Å². The van der Waals surface area contributed by atoms with Crippen molar-refractivity contribution >= 4 is 41.0 Å². The Hall–Kier alpha value is -3.03. The van der Waals surface area contributed by atoms with E-state index in [1.807, 2.05) is 47.6 Å². The van der Waals surface area contributed by atoms with Crippen LogP contribution < -0.4 is 15.2 Å². The molecule has 31 heavy (non-hydrogen) atoms. The lowest BCUT2D eigenvalue weighted by molar-refractivity contribution is 0.311. The van der Waals surface area contributed by atoms with E-state index in [1.165, 1.54) is 16.0 Å². The number of ether oxygens (including phenoxy) is 1. The van der Waals surface area contributed by atoms with E-state index in [9.17, 15) is 4.79 Å². The molecule has 0 aliphatic carbocycles. The Morgan fingerprint density at radius 1 is 1.19 bits per heavy atom. The fourth-order valence-electron chi connectivity index (χ4n) is 3.46. The summed E-state index contributed by atoms with van der Waals surface area (Å²) >= 11 is 1.78. The number of aromatic nitrogens is 3. The SMILES string of the molecule is Cl.O=c1[nH]c(N2C=CC3=CCSC3=C2)nc2ccc(OCCCc3ccncc3)cc12. The number of nitrogens with one attached hydrogen (secondary N) is 1. The van der Waals surface area contributed by atoms with Gasteiger partial charge in [0.15, 0.2) is 0 Å². The van der Waals surface area contributed by atoms with Gasteiger partial charge in [0.1, 0.15) is 5.75 Å². The second-order valence-electron chi connectivity index (χ2n) is 7.06. The van der Waals surface area contributed by atoms with E-state index in [0.29, 0.717) is 29.2 Å². The first kappa shape index (κ1) is 21.2. The first-order valence-electron chi connectivity index (χ1n) is 9.84.